The lowest BCUT2D eigenvalue weighted by atomic mass is 10.1. The van der Waals surface area contributed by atoms with Gasteiger partial charge >= 0.3 is 0 Å². The Morgan fingerprint density at radius 2 is 1.34 bits per heavy atom. The zero-order chi connectivity index (χ0) is 22.9. The van der Waals surface area contributed by atoms with Crippen molar-refractivity contribution in [2.75, 3.05) is 32.0 Å². The molecule has 0 aliphatic heterocycles. The molecule has 7 heteroatoms. The highest BCUT2D eigenvalue weighted by Gasteiger charge is 2.16. The molecule has 3 rings (SSSR count). The second kappa shape index (κ2) is 10.9. The molecular formula is C25H26N2O5. The summed E-state index contributed by atoms with van der Waals surface area (Å²) in [4.78, 5) is 25.0. The molecule has 0 aromatic heterocycles. The summed E-state index contributed by atoms with van der Waals surface area (Å²) in [6.07, 6.45) is 0.880. The van der Waals surface area contributed by atoms with Gasteiger partial charge in [0.15, 0.2) is 0 Å². The van der Waals surface area contributed by atoms with Gasteiger partial charge in [0.25, 0.3) is 5.91 Å². The maximum Gasteiger partial charge on any atom is 0.255 e. The molecule has 0 saturated carbocycles. The molecule has 2 N–H and O–H groups in total. The third-order valence-electron chi connectivity index (χ3n) is 4.88. The standard InChI is InChI=1S/C25H26N2O5/c1-30-19-12-9-17(10-13-19)11-14-24(28)26-20-15-23(32-3)21(16-22(20)31-2)27-25(29)18-7-5-4-6-8-18/h4-10,12-13,15-16H,11,14H2,1-3H3,(H,26,28)(H,27,29). The Hall–Kier alpha value is -4.00. The first kappa shape index (κ1) is 22.7. The van der Waals surface area contributed by atoms with E-state index in [1.165, 1.54) is 14.2 Å². The predicted molar refractivity (Wildman–Crippen MR) is 124 cm³/mol. The summed E-state index contributed by atoms with van der Waals surface area (Å²) in [6.45, 7) is 0. The third kappa shape index (κ3) is 5.78. The fourth-order valence-electron chi connectivity index (χ4n) is 3.14. The second-order valence-electron chi connectivity index (χ2n) is 6.97. The lowest BCUT2D eigenvalue weighted by molar-refractivity contribution is -0.116. The summed E-state index contributed by atoms with van der Waals surface area (Å²) in [5.74, 6) is 1.14. The van der Waals surface area contributed by atoms with E-state index in [1.807, 2.05) is 30.3 Å². The minimum atomic E-state index is -0.276. The average Bonchev–Trinajstić information content (AvgIpc) is 2.84. The van der Waals surface area contributed by atoms with Crippen molar-refractivity contribution in [1.82, 2.24) is 0 Å². The van der Waals surface area contributed by atoms with Gasteiger partial charge in [0.1, 0.15) is 17.2 Å². The second-order valence-corrected chi connectivity index (χ2v) is 6.97. The number of carbonyl (C=O) groups excluding carboxylic acids is 2. The van der Waals surface area contributed by atoms with E-state index in [2.05, 4.69) is 10.6 Å². The van der Waals surface area contributed by atoms with E-state index >= 15 is 0 Å². The van der Waals surface area contributed by atoms with Gasteiger partial charge in [-0.2, -0.15) is 0 Å². The summed E-state index contributed by atoms with van der Waals surface area (Å²) in [5.41, 5.74) is 2.45. The Morgan fingerprint density at radius 1 is 0.750 bits per heavy atom. The van der Waals surface area contributed by atoms with Crippen LogP contribution in [-0.4, -0.2) is 33.1 Å². The van der Waals surface area contributed by atoms with Crippen molar-refractivity contribution in [3.8, 4) is 17.2 Å². The molecule has 0 fully saturated rings. The van der Waals surface area contributed by atoms with Crippen molar-refractivity contribution in [1.29, 1.82) is 0 Å². The molecule has 7 nitrogen and oxygen atoms in total. The summed E-state index contributed by atoms with van der Waals surface area (Å²) >= 11 is 0. The summed E-state index contributed by atoms with van der Waals surface area (Å²) < 4.78 is 16.0. The van der Waals surface area contributed by atoms with Gasteiger partial charge in [-0.05, 0) is 36.2 Å². The van der Waals surface area contributed by atoms with E-state index in [-0.39, 0.29) is 11.8 Å². The SMILES string of the molecule is COc1ccc(CCC(=O)Nc2cc(OC)c(NC(=O)c3ccccc3)cc2OC)cc1. The van der Waals surface area contributed by atoms with Crippen LogP contribution in [0.2, 0.25) is 0 Å². The van der Waals surface area contributed by atoms with Gasteiger partial charge in [0.05, 0.1) is 32.7 Å². The molecule has 0 heterocycles. The van der Waals surface area contributed by atoms with Crippen LogP contribution in [-0.2, 0) is 11.2 Å². The number of ether oxygens (including phenoxy) is 3. The van der Waals surface area contributed by atoms with Crippen molar-refractivity contribution in [3.63, 3.8) is 0 Å². The molecule has 0 atom stereocenters. The molecule has 0 unspecified atom stereocenters. The Bertz CT molecular complexity index is 1070. The van der Waals surface area contributed by atoms with Crippen LogP contribution < -0.4 is 24.8 Å². The number of nitrogens with one attached hydrogen (secondary N) is 2. The largest absolute Gasteiger partial charge is 0.497 e. The van der Waals surface area contributed by atoms with Crippen molar-refractivity contribution >= 4 is 23.2 Å². The zero-order valence-corrected chi connectivity index (χ0v) is 18.3. The van der Waals surface area contributed by atoms with E-state index in [0.717, 1.165) is 11.3 Å². The molecule has 32 heavy (non-hydrogen) atoms. The Morgan fingerprint density at radius 3 is 1.91 bits per heavy atom. The molecule has 3 aromatic carbocycles. The molecule has 3 aromatic rings. The van der Waals surface area contributed by atoms with Gasteiger partial charge < -0.3 is 24.8 Å². The zero-order valence-electron chi connectivity index (χ0n) is 18.3. The Balaban J connectivity index is 1.70. The Kier molecular flexibility index (Phi) is 7.70. The van der Waals surface area contributed by atoms with E-state index in [4.69, 9.17) is 14.2 Å². The van der Waals surface area contributed by atoms with E-state index in [0.29, 0.717) is 41.3 Å². The highest BCUT2D eigenvalue weighted by Crippen LogP contribution is 2.36. The number of methoxy groups -OCH3 is 3. The van der Waals surface area contributed by atoms with Crippen molar-refractivity contribution in [2.24, 2.45) is 0 Å². The third-order valence-corrected chi connectivity index (χ3v) is 4.88. The number of carbonyl (C=O) groups is 2. The molecule has 0 saturated heterocycles. The summed E-state index contributed by atoms with van der Waals surface area (Å²) in [6, 6.07) is 19.7. The lowest BCUT2D eigenvalue weighted by Crippen LogP contribution is -2.15. The summed E-state index contributed by atoms with van der Waals surface area (Å²) in [5, 5.41) is 5.68. The molecule has 166 valence electrons. The van der Waals surface area contributed by atoms with Gasteiger partial charge in [0.2, 0.25) is 5.91 Å². The molecule has 0 bridgehead atoms. The van der Waals surface area contributed by atoms with E-state index in [9.17, 15) is 9.59 Å². The maximum atomic E-state index is 12.5. The van der Waals surface area contributed by atoms with Crippen LogP contribution in [0.15, 0.2) is 66.7 Å². The van der Waals surface area contributed by atoms with E-state index in [1.54, 1.807) is 43.5 Å². The fourth-order valence-corrected chi connectivity index (χ4v) is 3.14. The van der Waals surface area contributed by atoms with Gasteiger partial charge in [-0.1, -0.05) is 30.3 Å². The summed E-state index contributed by atoms with van der Waals surface area (Å²) in [7, 11) is 4.61. The molecule has 0 spiro atoms. The number of benzene rings is 3. The van der Waals surface area contributed by atoms with Gasteiger partial charge in [-0.3, -0.25) is 9.59 Å². The van der Waals surface area contributed by atoms with Gasteiger partial charge in [-0.25, -0.2) is 0 Å². The first-order valence-corrected chi connectivity index (χ1v) is 10.1. The lowest BCUT2D eigenvalue weighted by Gasteiger charge is -2.16. The monoisotopic (exact) mass is 434 g/mol. The number of amides is 2. The maximum absolute atomic E-state index is 12.5. The number of hydrogen-bond acceptors (Lipinski definition) is 5. The van der Waals surface area contributed by atoms with Crippen molar-refractivity contribution in [2.45, 2.75) is 12.8 Å². The van der Waals surface area contributed by atoms with Gasteiger partial charge in [-0.15, -0.1) is 0 Å². The normalized spacial score (nSPS) is 10.2. The molecule has 0 radical (unpaired) electrons. The quantitative estimate of drug-likeness (QED) is 0.517. The number of aryl methyl sites for hydroxylation is 1. The first-order chi connectivity index (χ1) is 15.5. The van der Waals surface area contributed by atoms with Crippen LogP contribution in [0.1, 0.15) is 22.3 Å². The van der Waals surface area contributed by atoms with Crippen LogP contribution in [0.25, 0.3) is 0 Å². The average molecular weight is 434 g/mol. The van der Waals surface area contributed by atoms with Crippen LogP contribution >= 0.6 is 0 Å². The molecule has 0 aliphatic rings. The number of rotatable bonds is 9. The van der Waals surface area contributed by atoms with E-state index < -0.39 is 0 Å². The van der Waals surface area contributed by atoms with Crippen molar-refractivity contribution in [3.05, 3.63) is 77.9 Å². The highest BCUT2D eigenvalue weighted by molar-refractivity contribution is 6.05. The number of hydrogen-bond donors (Lipinski definition) is 2. The fraction of sp³-hybridized carbons (Fsp3) is 0.200. The smallest absolute Gasteiger partial charge is 0.255 e. The first-order valence-electron chi connectivity index (χ1n) is 10.1. The predicted octanol–water partition coefficient (Wildman–Crippen LogP) is 4.54. The van der Waals surface area contributed by atoms with Gasteiger partial charge in [0, 0.05) is 24.1 Å². The van der Waals surface area contributed by atoms with Crippen LogP contribution in [0, 0.1) is 0 Å². The van der Waals surface area contributed by atoms with Crippen LogP contribution in [0.5, 0.6) is 17.2 Å². The Labute approximate surface area is 187 Å². The van der Waals surface area contributed by atoms with Crippen LogP contribution in [0.3, 0.4) is 0 Å². The number of anilines is 2. The van der Waals surface area contributed by atoms with Crippen molar-refractivity contribution < 1.29 is 23.8 Å². The molecular weight excluding hydrogens is 408 g/mol. The minimum absolute atomic E-state index is 0.165. The molecule has 2 amide bonds. The topological polar surface area (TPSA) is 85.9 Å². The molecule has 0 aliphatic carbocycles. The highest BCUT2D eigenvalue weighted by atomic mass is 16.5. The van der Waals surface area contributed by atoms with Crippen LogP contribution in [0.4, 0.5) is 11.4 Å². The minimum Gasteiger partial charge on any atom is -0.497 e.